The molecule has 0 saturated heterocycles. The Bertz CT molecular complexity index is 537. The monoisotopic (exact) mass is 295 g/mol. The smallest absolute Gasteiger partial charge is 0.352 e. The maximum atomic E-state index is 11.2. The number of ether oxygens (including phenoxy) is 1. The van der Waals surface area contributed by atoms with Gasteiger partial charge in [-0.25, -0.2) is 10.8 Å². The maximum absolute atomic E-state index is 11.2. The summed E-state index contributed by atoms with van der Waals surface area (Å²) in [5, 5.41) is 11.2. The van der Waals surface area contributed by atoms with E-state index in [9.17, 15) is 10.1 Å². The highest BCUT2D eigenvalue weighted by Gasteiger charge is 2.30. The van der Waals surface area contributed by atoms with Crippen LogP contribution in [0.4, 0.5) is 11.6 Å². The number of aryl methyl sites for hydroxylation is 1. The summed E-state index contributed by atoms with van der Waals surface area (Å²) in [7, 11) is 0. The Morgan fingerprint density at radius 3 is 2.62 bits per heavy atom. The fourth-order valence-electron chi connectivity index (χ4n) is 2.66. The van der Waals surface area contributed by atoms with Crippen LogP contribution in [0.15, 0.2) is 0 Å². The number of nitro groups is 1. The highest BCUT2D eigenvalue weighted by molar-refractivity contribution is 5.48. The van der Waals surface area contributed by atoms with Gasteiger partial charge in [0, 0.05) is 0 Å². The number of rotatable bonds is 4. The summed E-state index contributed by atoms with van der Waals surface area (Å²) in [5.41, 5.74) is 2.34. The second kappa shape index (κ2) is 6.21. The maximum Gasteiger partial charge on any atom is 0.352 e. The summed E-state index contributed by atoms with van der Waals surface area (Å²) in [6.07, 6.45) is 2.73. The number of nitrogens with one attached hydrogen (secondary N) is 1. The molecule has 3 unspecified atom stereocenters. The molecule has 3 atom stereocenters. The standard InChI is InChI=1S/C13H21N5O3/c1-7-4-5-10(6-8(7)2)21-12-11(18(19)20)9(3)15-13(16-12)17-14/h7-8,10H,4-6,14H2,1-3H3,(H,15,16,17). The number of nitrogens with zero attached hydrogens (tertiary/aromatic N) is 3. The van der Waals surface area contributed by atoms with E-state index in [2.05, 4.69) is 29.2 Å². The van der Waals surface area contributed by atoms with Gasteiger partial charge in [0.2, 0.25) is 5.95 Å². The second-order valence-corrected chi connectivity index (χ2v) is 5.70. The fourth-order valence-corrected chi connectivity index (χ4v) is 2.66. The predicted molar refractivity (Wildman–Crippen MR) is 77.8 cm³/mol. The molecule has 116 valence electrons. The molecule has 0 spiro atoms. The van der Waals surface area contributed by atoms with E-state index < -0.39 is 4.92 Å². The van der Waals surface area contributed by atoms with Crippen LogP contribution in [0.1, 0.15) is 38.8 Å². The van der Waals surface area contributed by atoms with E-state index >= 15 is 0 Å². The van der Waals surface area contributed by atoms with Crippen LogP contribution in [0, 0.1) is 28.9 Å². The molecule has 1 aromatic rings. The summed E-state index contributed by atoms with van der Waals surface area (Å²) in [6.45, 7) is 5.93. The number of nitrogens with two attached hydrogens (primary N) is 1. The Hall–Kier alpha value is -1.96. The lowest BCUT2D eigenvalue weighted by molar-refractivity contribution is -0.387. The fraction of sp³-hybridized carbons (Fsp3) is 0.692. The molecule has 21 heavy (non-hydrogen) atoms. The number of hydrogen-bond donors (Lipinski definition) is 2. The van der Waals surface area contributed by atoms with Crippen molar-refractivity contribution in [2.45, 2.75) is 46.1 Å². The number of aromatic nitrogens is 2. The molecular formula is C13H21N5O3. The van der Waals surface area contributed by atoms with E-state index in [1.54, 1.807) is 6.92 Å². The van der Waals surface area contributed by atoms with Crippen molar-refractivity contribution < 1.29 is 9.66 Å². The normalized spacial score (nSPS) is 25.4. The van der Waals surface area contributed by atoms with Crippen LogP contribution in [0.3, 0.4) is 0 Å². The number of hydrogen-bond acceptors (Lipinski definition) is 7. The Morgan fingerprint density at radius 2 is 2.05 bits per heavy atom. The van der Waals surface area contributed by atoms with E-state index in [1.165, 1.54) is 0 Å². The van der Waals surface area contributed by atoms with Crippen LogP contribution in [-0.2, 0) is 0 Å². The number of hydrazine groups is 1. The average molecular weight is 295 g/mol. The molecule has 1 saturated carbocycles. The van der Waals surface area contributed by atoms with Crippen LogP contribution >= 0.6 is 0 Å². The van der Waals surface area contributed by atoms with Crippen molar-refractivity contribution in [1.29, 1.82) is 0 Å². The molecule has 8 heteroatoms. The van der Waals surface area contributed by atoms with Gasteiger partial charge in [-0.2, -0.15) is 4.98 Å². The molecule has 0 aliphatic heterocycles. The summed E-state index contributed by atoms with van der Waals surface area (Å²) < 4.78 is 5.80. The lowest BCUT2D eigenvalue weighted by atomic mass is 9.80. The topological polar surface area (TPSA) is 116 Å². The van der Waals surface area contributed by atoms with Crippen molar-refractivity contribution in [3.8, 4) is 5.88 Å². The lowest BCUT2D eigenvalue weighted by Gasteiger charge is -2.31. The molecule has 1 heterocycles. The Morgan fingerprint density at radius 1 is 1.33 bits per heavy atom. The van der Waals surface area contributed by atoms with Gasteiger partial charge in [0.15, 0.2) is 0 Å². The third kappa shape index (κ3) is 3.38. The van der Waals surface area contributed by atoms with Crippen LogP contribution in [0.25, 0.3) is 0 Å². The van der Waals surface area contributed by atoms with E-state index in [4.69, 9.17) is 10.6 Å². The van der Waals surface area contributed by atoms with Gasteiger partial charge in [-0.3, -0.25) is 15.5 Å². The molecule has 3 N–H and O–H groups in total. The van der Waals surface area contributed by atoms with Gasteiger partial charge in [-0.1, -0.05) is 13.8 Å². The molecule has 1 aliphatic carbocycles. The van der Waals surface area contributed by atoms with E-state index in [0.29, 0.717) is 11.8 Å². The van der Waals surface area contributed by atoms with Gasteiger partial charge in [0.05, 0.1) is 4.92 Å². The molecule has 2 rings (SSSR count). The van der Waals surface area contributed by atoms with Crippen LogP contribution < -0.4 is 16.0 Å². The van der Waals surface area contributed by atoms with Gasteiger partial charge in [-0.15, -0.1) is 0 Å². The second-order valence-electron chi connectivity index (χ2n) is 5.70. The van der Waals surface area contributed by atoms with Gasteiger partial charge >= 0.3 is 5.69 Å². The first-order chi connectivity index (χ1) is 9.92. The summed E-state index contributed by atoms with van der Waals surface area (Å²) >= 11 is 0. The Labute approximate surface area is 123 Å². The first-order valence-electron chi connectivity index (χ1n) is 7.08. The minimum Gasteiger partial charge on any atom is -0.469 e. The molecule has 1 fully saturated rings. The zero-order chi connectivity index (χ0) is 15.6. The zero-order valence-corrected chi connectivity index (χ0v) is 12.5. The SMILES string of the molecule is Cc1nc(NN)nc(OC2CCC(C)C(C)C2)c1[N+](=O)[O-]. The third-order valence-corrected chi connectivity index (χ3v) is 4.17. The Kier molecular flexibility index (Phi) is 4.56. The summed E-state index contributed by atoms with van der Waals surface area (Å²) in [4.78, 5) is 18.6. The molecule has 0 aromatic carbocycles. The van der Waals surface area contributed by atoms with Crippen molar-refractivity contribution in [1.82, 2.24) is 9.97 Å². The first kappa shape index (κ1) is 15.4. The largest absolute Gasteiger partial charge is 0.469 e. The zero-order valence-electron chi connectivity index (χ0n) is 12.5. The van der Waals surface area contributed by atoms with Gasteiger partial charge in [0.1, 0.15) is 11.8 Å². The van der Waals surface area contributed by atoms with Gasteiger partial charge in [-0.05, 0) is 38.0 Å². The highest BCUT2D eigenvalue weighted by Crippen LogP contribution is 2.35. The molecular weight excluding hydrogens is 274 g/mol. The molecule has 0 amide bonds. The van der Waals surface area contributed by atoms with Gasteiger partial charge in [0.25, 0.3) is 5.88 Å². The number of nitrogen functional groups attached to an aromatic ring is 1. The van der Waals surface area contributed by atoms with E-state index in [0.717, 1.165) is 19.3 Å². The number of anilines is 1. The van der Waals surface area contributed by atoms with Crippen LogP contribution in [0.5, 0.6) is 5.88 Å². The minimum atomic E-state index is -0.514. The van der Waals surface area contributed by atoms with Crippen molar-refractivity contribution >= 4 is 11.6 Å². The quantitative estimate of drug-likeness (QED) is 0.496. The van der Waals surface area contributed by atoms with Crippen molar-refractivity contribution in [3.63, 3.8) is 0 Å². The highest BCUT2D eigenvalue weighted by atomic mass is 16.6. The summed E-state index contributed by atoms with van der Waals surface area (Å²) in [6, 6.07) is 0. The summed E-state index contributed by atoms with van der Waals surface area (Å²) in [5.74, 6) is 6.57. The molecule has 1 aliphatic rings. The van der Waals surface area contributed by atoms with Crippen molar-refractivity contribution in [2.24, 2.45) is 17.7 Å². The van der Waals surface area contributed by atoms with E-state index in [-0.39, 0.29) is 29.3 Å². The average Bonchev–Trinajstić information content (AvgIpc) is 2.41. The lowest BCUT2D eigenvalue weighted by Crippen LogP contribution is -2.29. The van der Waals surface area contributed by atoms with Crippen molar-refractivity contribution in [2.75, 3.05) is 5.43 Å². The third-order valence-electron chi connectivity index (χ3n) is 4.17. The minimum absolute atomic E-state index is 0.00722. The van der Waals surface area contributed by atoms with E-state index in [1.807, 2.05) is 0 Å². The predicted octanol–water partition coefficient (Wildman–Crippen LogP) is 2.18. The first-order valence-corrected chi connectivity index (χ1v) is 7.08. The molecule has 1 aromatic heterocycles. The molecule has 0 radical (unpaired) electrons. The van der Waals surface area contributed by atoms with Crippen LogP contribution in [-0.4, -0.2) is 21.0 Å². The van der Waals surface area contributed by atoms with Gasteiger partial charge < -0.3 is 4.74 Å². The van der Waals surface area contributed by atoms with Crippen molar-refractivity contribution in [3.05, 3.63) is 15.8 Å². The molecule has 0 bridgehead atoms. The Balaban J connectivity index is 2.26. The molecule has 8 nitrogen and oxygen atoms in total. The van der Waals surface area contributed by atoms with Crippen LogP contribution in [0.2, 0.25) is 0 Å².